The zero-order valence-corrected chi connectivity index (χ0v) is 11.0. The first-order valence-electron chi connectivity index (χ1n) is 5.07. The molecule has 96 valence electrons. The lowest BCUT2D eigenvalue weighted by Gasteiger charge is -2.14. The van der Waals surface area contributed by atoms with Crippen molar-refractivity contribution in [3.8, 4) is 5.75 Å². The summed E-state index contributed by atoms with van der Waals surface area (Å²) in [7, 11) is 0. The minimum absolute atomic E-state index is 0.230. The van der Waals surface area contributed by atoms with Gasteiger partial charge in [-0.1, -0.05) is 13.8 Å². The fourth-order valence-corrected chi connectivity index (χ4v) is 1.54. The lowest BCUT2D eigenvalue weighted by atomic mass is 10.2. The van der Waals surface area contributed by atoms with Crippen molar-refractivity contribution in [2.75, 3.05) is 11.9 Å². The van der Waals surface area contributed by atoms with E-state index in [9.17, 15) is 13.2 Å². The van der Waals surface area contributed by atoms with E-state index in [0.717, 1.165) is 0 Å². The summed E-state index contributed by atoms with van der Waals surface area (Å²) in [4.78, 5) is 0. The molecule has 0 aliphatic heterocycles. The predicted octanol–water partition coefficient (Wildman–Crippen LogP) is 4.42. The highest BCUT2D eigenvalue weighted by atomic mass is 79.9. The summed E-state index contributed by atoms with van der Waals surface area (Å²) in [5, 5.41) is 3.04. The minimum Gasteiger partial charge on any atom is -0.406 e. The molecule has 1 rings (SSSR count). The Kier molecular flexibility index (Phi) is 4.68. The molecule has 2 nitrogen and oxygen atoms in total. The Morgan fingerprint density at radius 3 is 2.53 bits per heavy atom. The van der Waals surface area contributed by atoms with Gasteiger partial charge in [-0.2, -0.15) is 0 Å². The quantitative estimate of drug-likeness (QED) is 0.889. The molecule has 0 saturated carbocycles. The van der Waals surface area contributed by atoms with E-state index in [0.29, 0.717) is 22.6 Å². The number of anilines is 1. The van der Waals surface area contributed by atoms with Gasteiger partial charge >= 0.3 is 6.36 Å². The van der Waals surface area contributed by atoms with Crippen molar-refractivity contribution in [3.63, 3.8) is 0 Å². The summed E-state index contributed by atoms with van der Waals surface area (Å²) in [6.07, 6.45) is -4.66. The molecule has 0 amide bonds. The van der Waals surface area contributed by atoms with Crippen LogP contribution in [-0.2, 0) is 0 Å². The normalized spacial score (nSPS) is 11.7. The number of alkyl halides is 3. The monoisotopic (exact) mass is 311 g/mol. The molecule has 1 aromatic rings. The maximum Gasteiger partial charge on any atom is 0.573 e. The third kappa shape index (κ3) is 5.30. The topological polar surface area (TPSA) is 21.3 Å². The Labute approximate surface area is 106 Å². The van der Waals surface area contributed by atoms with Crippen LogP contribution in [0, 0.1) is 5.92 Å². The summed E-state index contributed by atoms with van der Waals surface area (Å²) in [5.74, 6) is 0.168. The van der Waals surface area contributed by atoms with Gasteiger partial charge in [0.15, 0.2) is 0 Å². The zero-order chi connectivity index (χ0) is 13.1. The van der Waals surface area contributed by atoms with Crippen LogP contribution in [0.15, 0.2) is 22.7 Å². The predicted molar refractivity (Wildman–Crippen MR) is 64.2 cm³/mol. The first kappa shape index (κ1) is 14.2. The van der Waals surface area contributed by atoms with Crippen molar-refractivity contribution in [2.45, 2.75) is 20.2 Å². The number of benzene rings is 1. The van der Waals surface area contributed by atoms with Gasteiger partial charge in [-0.15, -0.1) is 13.2 Å². The number of rotatable bonds is 4. The van der Waals surface area contributed by atoms with E-state index in [4.69, 9.17) is 0 Å². The van der Waals surface area contributed by atoms with Crippen molar-refractivity contribution in [2.24, 2.45) is 5.92 Å². The fourth-order valence-electron chi connectivity index (χ4n) is 1.15. The zero-order valence-electron chi connectivity index (χ0n) is 9.44. The molecule has 1 aromatic carbocycles. The third-order valence-corrected chi connectivity index (χ3v) is 2.56. The number of nitrogens with one attached hydrogen (secondary N) is 1. The van der Waals surface area contributed by atoms with Crippen LogP contribution in [0.1, 0.15) is 13.8 Å². The van der Waals surface area contributed by atoms with Gasteiger partial charge in [-0.25, -0.2) is 0 Å². The number of hydrogen-bond acceptors (Lipinski definition) is 2. The van der Waals surface area contributed by atoms with E-state index < -0.39 is 6.36 Å². The summed E-state index contributed by atoms with van der Waals surface area (Å²) < 4.78 is 40.6. The summed E-state index contributed by atoms with van der Waals surface area (Å²) in [5.41, 5.74) is 0.584. The molecule has 0 fully saturated rings. The molecular formula is C11H13BrF3NO. The maximum absolute atomic E-state index is 12.0. The van der Waals surface area contributed by atoms with Gasteiger partial charge in [0.2, 0.25) is 0 Å². The van der Waals surface area contributed by atoms with Crippen LogP contribution in [0.25, 0.3) is 0 Å². The van der Waals surface area contributed by atoms with E-state index in [1.807, 2.05) is 13.8 Å². The summed E-state index contributed by atoms with van der Waals surface area (Å²) in [6.45, 7) is 4.70. The lowest BCUT2D eigenvalue weighted by molar-refractivity contribution is -0.274. The molecule has 0 aromatic heterocycles. The third-order valence-electron chi connectivity index (χ3n) is 1.87. The van der Waals surface area contributed by atoms with Crippen LogP contribution in [0.4, 0.5) is 18.9 Å². The van der Waals surface area contributed by atoms with Gasteiger partial charge in [0.1, 0.15) is 5.75 Å². The molecule has 0 aliphatic rings. The molecule has 17 heavy (non-hydrogen) atoms. The van der Waals surface area contributed by atoms with Crippen LogP contribution in [-0.4, -0.2) is 12.9 Å². The average molecular weight is 312 g/mol. The molecule has 0 heterocycles. The largest absolute Gasteiger partial charge is 0.573 e. The summed E-state index contributed by atoms with van der Waals surface area (Å²) >= 11 is 3.26. The second-order valence-electron chi connectivity index (χ2n) is 3.96. The van der Waals surface area contributed by atoms with Crippen molar-refractivity contribution < 1.29 is 17.9 Å². The van der Waals surface area contributed by atoms with Crippen LogP contribution in [0.2, 0.25) is 0 Å². The van der Waals surface area contributed by atoms with E-state index >= 15 is 0 Å². The fraction of sp³-hybridized carbons (Fsp3) is 0.455. The SMILES string of the molecule is CC(C)CNc1cc(OC(F)(F)F)ccc1Br. The molecule has 0 radical (unpaired) electrons. The Morgan fingerprint density at radius 1 is 1.35 bits per heavy atom. The van der Waals surface area contributed by atoms with Gasteiger partial charge in [0.05, 0.1) is 5.69 Å². The molecule has 0 saturated heterocycles. The molecular weight excluding hydrogens is 299 g/mol. The van der Waals surface area contributed by atoms with Gasteiger partial charge in [-0.3, -0.25) is 0 Å². The highest BCUT2D eigenvalue weighted by Crippen LogP contribution is 2.30. The first-order valence-corrected chi connectivity index (χ1v) is 5.86. The Bertz CT molecular complexity index is 379. The maximum atomic E-state index is 12.0. The Balaban J connectivity index is 2.79. The van der Waals surface area contributed by atoms with Gasteiger partial charge in [0, 0.05) is 17.1 Å². The van der Waals surface area contributed by atoms with Crippen molar-refractivity contribution in [1.29, 1.82) is 0 Å². The molecule has 0 aliphatic carbocycles. The Morgan fingerprint density at radius 2 is 2.00 bits per heavy atom. The van der Waals surface area contributed by atoms with E-state index in [-0.39, 0.29) is 5.75 Å². The second kappa shape index (κ2) is 5.62. The molecule has 0 spiro atoms. The number of ether oxygens (including phenoxy) is 1. The molecule has 6 heteroatoms. The molecule has 0 unspecified atom stereocenters. The van der Waals surface area contributed by atoms with E-state index in [1.54, 1.807) is 0 Å². The summed E-state index contributed by atoms with van der Waals surface area (Å²) in [6, 6.07) is 4.10. The minimum atomic E-state index is -4.66. The van der Waals surface area contributed by atoms with Crippen LogP contribution in [0.5, 0.6) is 5.75 Å². The van der Waals surface area contributed by atoms with Crippen molar-refractivity contribution in [3.05, 3.63) is 22.7 Å². The van der Waals surface area contributed by atoms with Gasteiger partial charge in [-0.05, 0) is 34.0 Å². The molecule has 0 bridgehead atoms. The lowest BCUT2D eigenvalue weighted by Crippen LogP contribution is -2.17. The van der Waals surface area contributed by atoms with E-state index in [2.05, 4.69) is 26.0 Å². The molecule has 1 N–H and O–H groups in total. The Hall–Kier alpha value is -0.910. The standard InChI is InChI=1S/C11H13BrF3NO/c1-7(2)6-16-10-5-8(3-4-9(10)12)17-11(13,14)15/h3-5,7,16H,6H2,1-2H3. The molecule has 0 atom stereocenters. The highest BCUT2D eigenvalue weighted by molar-refractivity contribution is 9.10. The van der Waals surface area contributed by atoms with Crippen molar-refractivity contribution in [1.82, 2.24) is 0 Å². The van der Waals surface area contributed by atoms with Crippen LogP contribution >= 0.6 is 15.9 Å². The van der Waals surface area contributed by atoms with Gasteiger partial charge in [0.25, 0.3) is 0 Å². The van der Waals surface area contributed by atoms with Crippen molar-refractivity contribution >= 4 is 21.6 Å². The highest BCUT2D eigenvalue weighted by Gasteiger charge is 2.31. The first-order chi connectivity index (χ1) is 7.78. The second-order valence-corrected chi connectivity index (χ2v) is 4.82. The van der Waals surface area contributed by atoms with Gasteiger partial charge < -0.3 is 10.1 Å². The van der Waals surface area contributed by atoms with Crippen LogP contribution in [0.3, 0.4) is 0 Å². The van der Waals surface area contributed by atoms with E-state index in [1.165, 1.54) is 18.2 Å². The smallest absolute Gasteiger partial charge is 0.406 e. The average Bonchev–Trinajstić information content (AvgIpc) is 2.16. The van der Waals surface area contributed by atoms with Crippen LogP contribution < -0.4 is 10.1 Å². The number of halogens is 4. The number of hydrogen-bond donors (Lipinski definition) is 1.